The van der Waals surface area contributed by atoms with Crippen LogP contribution in [0.2, 0.25) is 0 Å². The van der Waals surface area contributed by atoms with Crippen molar-refractivity contribution in [3.05, 3.63) is 66.1 Å². The highest BCUT2D eigenvalue weighted by Crippen LogP contribution is 2.30. The van der Waals surface area contributed by atoms with Crippen molar-refractivity contribution in [2.24, 2.45) is 7.05 Å². The van der Waals surface area contributed by atoms with Gasteiger partial charge in [0.15, 0.2) is 5.13 Å². The zero-order valence-electron chi connectivity index (χ0n) is 13.9. The van der Waals surface area contributed by atoms with E-state index in [0.717, 1.165) is 21.5 Å². The lowest BCUT2D eigenvalue weighted by Crippen LogP contribution is -2.15. The van der Waals surface area contributed by atoms with Crippen LogP contribution in [0.15, 0.2) is 54.9 Å². The predicted octanol–water partition coefficient (Wildman–Crippen LogP) is 4.26. The average Bonchev–Trinajstić information content (AvgIpc) is 3.20. The first-order valence-electron chi connectivity index (χ1n) is 7.87. The molecule has 0 saturated heterocycles. The van der Waals surface area contributed by atoms with Crippen LogP contribution in [-0.2, 0) is 7.05 Å². The number of hydrogen-bond acceptors (Lipinski definition) is 4. The van der Waals surface area contributed by atoms with E-state index in [-0.39, 0.29) is 5.91 Å². The number of anilines is 1. The fraction of sp³-hybridized carbons (Fsp3) is 0.105. The number of amides is 1. The number of rotatable bonds is 3. The molecule has 0 radical (unpaired) electrons. The molecule has 0 saturated carbocycles. The zero-order chi connectivity index (χ0) is 17.4. The van der Waals surface area contributed by atoms with Crippen LogP contribution in [0.4, 0.5) is 5.13 Å². The largest absolute Gasteiger partial charge is 0.347 e. The molecular formula is C19H16N4OS. The van der Waals surface area contributed by atoms with Crippen LogP contribution in [0.5, 0.6) is 0 Å². The van der Waals surface area contributed by atoms with E-state index >= 15 is 0 Å². The first-order chi connectivity index (χ1) is 12.1. The van der Waals surface area contributed by atoms with E-state index in [1.54, 1.807) is 16.8 Å². The van der Waals surface area contributed by atoms with Crippen molar-refractivity contribution < 1.29 is 4.79 Å². The van der Waals surface area contributed by atoms with Gasteiger partial charge in [-0.15, -0.1) is 0 Å². The molecule has 0 unspecified atom stereocenters. The molecule has 0 aliphatic rings. The molecule has 1 aromatic carbocycles. The molecule has 0 aliphatic carbocycles. The predicted molar refractivity (Wildman–Crippen MR) is 101 cm³/mol. The lowest BCUT2D eigenvalue weighted by Gasteiger charge is -2.03. The van der Waals surface area contributed by atoms with Crippen molar-refractivity contribution in [1.82, 2.24) is 14.5 Å². The van der Waals surface area contributed by atoms with Gasteiger partial charge < -0.3 is 4.57 Å². The summed E-state index contributed by atoms with van der Waals surface area (Å²) in [7, 11) is 1.84. The summed E-state index contributed by atoms with van der Waals surface area (Å²) in [5.74, 6) is -0.168. The van der Waals surface area contributed by atoms with Gasteiger partial charge in [-0.3, -0.25) is 15.1 Å². The number of carbonyl (C=O) groups excluding carboxylic acids is 1. The van der Waals surface area contributed by atoms with Crippen LogP contribution >= 0.6 is 11.3 Å². The van der Waals surface area contributed by atoms with E-state index in [1.165, 1.54) is 16.9 Å². The Hall–Kier alpha value is -2.99. The Kier molecular flexibility index (Phi) is 3.82. The Morgan fingerprint density at radius 1 is 1.20 bits per heavy atom. The summed E-state index contributed by atoms with van der Waals surface area (Å²) < 4.78 is 2.77. The van der Waals surface area contributed by atoms with Gasteiger partial charge in [0.25, 0.3) is 5.91 Å². The van der Waals surface area contributed by atoms with Crippen LogP contribution in [0.1, 0.15) is 16.1 Å². The molecule has 6 heteroatoms. The Morgan fingerprint density at radius 2 is 2.04 bits per heavy atom. The Labute approximate surface area is 149 Å². The van der Waals surface area contributed by atoms with Gasteiger partial charge in [0, 0.05) is 18.8 Å². The maximum absolute atomic E-state index is 12.3. The van der Waals surface area contributed by atoms with Gasteiger partial charge in [0.05, 0.1) is 16.6 Å². The fourth-order valence-corrected chi connectivity index (χ4v) is 3.62. The maximum atomic E-state index is 12.3. The summed E-state index contributed by atoms with van der Waals surface area (Å²) in [5.41, 5.74) is 4.57. The molecule has 0 atom stereocenters. The second kappa shape index (κ2) is 6.14. The topological polar surface area (TPSA) is 59.8 Å². The minimum absolute atomic E-state index is 0.168. The first-order valence-corrected chi connectivity index (χ1v) is 8.69. The van der Waals surface area contributed by atoms with Crippen molar-refractivity contribution >= 4 is 32.6 Å². The smallest absolute Gasteiger partial charge is 0.274 e. The zero-order valence-corrected chi connectivity index (χ0v) is 14.7. The van der Waals surface area contributed by atoms with E-state index < -0.39 is 0 Å². The SMILES string of the molecule is Cc1ccccc1-c1cc2sc(NC(=O)c3cccn3C)nc2cn1. The molecule has 5 nitrogen and oxygen atoms in total. The molecule has 4 aromatic rings. The average molecular weight is 348 g/mol. The highest BCUT2D eigenvalue weighted by Gasteiger charge is 2.13. The molecule has 0 aliphatic heterocycles. The van der Waals surface area contributed by atoms with Crippen LogP contribution in [0, 0.1) is 6.92 Å². The van der Waals surface area contributed by atoms with Gasteiger partial charge >= 0.3 is 0 Å². The van der Waals surface area contributed by atoms with Crippen LogP contribution in [-0.4, -0.2) is 20.4 Å². The second-order valence-electron chi connectivity index (χ2n) is 5.83. The number of thiazole rings is 1. The molecule has 1 amide bonds. The third-order valence-electron chi connectivity index (χ3n) is 4.09. The van der Waals surface area contributed by atoms with Crippen molar-refractivity contribution in [3.63, 3.8) is 0 Å². The van der Waals surface area contributed by atoms with Gasteiger partial charge in [-0.2, -0.15) is 0 Å². The number of fused-ring (bicyclic) bond motifs is 1. The number of aromatic nitrogens is 3. The summed E-state index contributed by atoms with van der Waals surface area (Å²) in [5, 5.41) is 3.44. The van der Waals surface area contributed by atoms with E-state index in [0.29, 0.717) is 10.8 Å². The van der Waals surface area contributed by atoms with Crippen LogP contribution < -0.4 is 5.32 Å². The summed E-state index contributed by atoms with van der Waals surface area (Å²) in [6, 6.07) is 13.8. The second-order valence-corrected chi connectivity index (χ2v) is 6.86. The molecule has 0 spiro atoms. The highest BCUT2D eigenvalue weighted by molar-refractivity contribution is 7.22. The van der Waals surface area contributed by atoms with Gasteiger partial charge in [0.2, 0.25) is 0 Å². The van der Waals surface area contributed by atoms with Crippen molar-refractivity contribution in [1.29, 1.82) is 0 Å². The van der Waals surface area contributed by atoms with Crippen molar-refractivity contribution in [3.8, 4) is 11.3 Å². The number of nitrogens with one attached hydrogen (secondary N) is 1. The lowest BCUT2D eigenvalue weighted by molar-refractivity contribution is 0.101. The standard InChI is InChI=1S/C19H16N4OS/c1-12-6-3-4-7-13(12)14-10-17-15(11-20-14)21-19(25-17)22-18(24)16-8-5-9-23(16)2/h3-11H,1-2H3,(H,21,22,24). The van der Waals surface area contributed by atoms with Gasteiger partial charge in [-0.25, -0.2) is 4.98 Å². The lowest BCUT2D eigenvalue weighted by atomic mass is 10.1. The van der Waals surface area contributed by atoms with Gasteiger partial charge in [-0.05, 0) is 30.7 Å². The number of benzene rings is 1. The number of carbonyl (C=O) groups is 1. The van der Waals surface area contributed by atoms with Crippen molar-refractivity contribution in [2.45, 2.75) is 6.92 Å². The van der Waals surface area contributed by atoms with E-state index in [1.807, 2.05) is 37.5 Å². The highest BCUT2D eigenvalue weighted by atomic mass is 32.1. The molecule has 0 fully saturated rings. The van der Waals surface area contributed by atoms with Gasteiger partial charge in [-0.1, -0.05) is 35.6 Å². The van der Waals surface area contributed by atoms with Gasteiger partial charge in [0.1, 0.15) is 11.2 Å². The van der Waals surface area contributed by atoms with E-state index in [9.17, 15) is 4.79 Å². The third kappa shape index (κ3) is 2.92. The number of nitrogens with zero attached hydrogens (tertiary/aromatic N) is 3. The van der Waals surface area contributed by atoms with Crippen LogP contribution in [0.25, 0.3) is 21.5 Å². The molecule has 3 heterocycles. The maximum Gasteiger partial charge on any atom is 0.274 e. The fourth-order valence-electron chi connectivity index (χ4n) is 2.75. The van der Waals surface area contributed by atoms with Crippen molar-refractivity contribution in [2.75, 3.05) is 5.32 Å². The normalized spacial score (nSPS) is 11.0. The molecule has 0 bridgehead atoms. The molecular weight excluding hydrogens is 332 g/mol. The van der Waals surface area contributed by atoms with Crippen LogP contribution in [0.3, 0.4) is 0 Å². The number of aryl methyl sites for hydroxylation is 2. The number of pyridine rings is 1. The minimum Gasteiger partial charge on any atom is -0.347 e. The summed E-state index contributed by atoms with van der Waals surface area (Å²) in [6.07, 6.45) is 3.59. The summed E-state index contributed by atoms with van der Waals surface area (Å²) in [4.78, 5) is 21.3. The molecule has 1 N–H and O–H groups in total. The summed E-state index contributed by atoms with van der Waals surface area (Å²) in [6.45, 7) is 2.07. The summed E-state index contributed by atoms with van der Waals surface area (Å²) >= 11 is 1.45. The number of hydrogen-bond donors (Lipinski definition) is 1. The minimum atomic E-state index is -0.168. The Morgan fingerprint density at radius 3 is 2.80 bits per heavy atom. The van der Waals surface area contributed by atoms with E-state index in [2.05, 4.69) is 34.3 Å². The Bertz CT molecular complexity index is 1080. The molecule has 4 rings (SSSR count). The Balaban J connectivity index is 1.66. The van der Waals surface area contributed by atoms with E-state index in [4.69, 9.17) is 0 Å². The molecule has 25 heavy (non-hydrogen) atoms. The monoisotopic (exact) mass is 348 g/mol. The first kappa shape index (κ1) is 15.5. The molecule has 124 valence electrons. The molecule has 3 aromatic heterocycles. The quantitative estimate of drug-likeness (QED) is 0.602. The third-order valence-corrected chi connectivity index (χ3v) is 5.03.